The summed E-state index contributed by atoms with van der Waals surface area (Å²) in [6, 6.07) is 14.7. The number of benzene rings is 2. The first kappa shape index (κ1) is 16.1. The van der Waals surface area contributed by atoms with Crippen LogP contribution in [0.25, 0.3) is 11.0 Å². The molecule has 0 amide bonds. The predicted molar refractivity (Wildman–Crippen MR) is 96.1 cm³/mol. The highest BCUT2D eigenvalue weighted by Gasteiger charge is 2.31. The summed E-state index contributed by atoms with van der Waals surface area (Å²) < 4.78 is 27.6. The zero-order valence-corrected chi connectivity index (χ0v) is 14.4. The van der Waals surface area contributed by atoms with Crippen molar-refractivity contribution in [2.45, 2.75) is 23.7 Å². The lowest BCUT2D eigenvalue weighted by Gasteiger charge is -2.32. The average molecular weight is 357 g/mol. The topological polar surface area (TPSA) is 86.0 Å². The maximum Gasteiger partial charge on any atom is 0.323 e. The van der Waals surface area contributed by atoms with E-state index in [2.05, 4.69) is 22.1 Å². The van der Waals surface area contributed by atoms with Crippen molar-refractivity contribution in [3.8, 4) is 0 Å². The molecule has 2 heterocycles. The van der Waals surface area contributed by atoms with E-state index in [9.17, 15) is 13.2 Å². The molecule has 1 atom stereocenters. The molecular formula is C18H19N3O3S. The molecule has 1 aromatic heterocycles. The fraction of sp³-hybridized carbons (Fsp3) is 0.278. The molecular weight excluding hydrogens is 338 g/mol. The Kier molecular flexibility index (Phi) is 3.97. The van der Waals surface area contributed by atoms with Crippen molar-refractivity contribution in [2.75, 3.05) is 13.1 Å². The quantitative estimate of drug-likeness (QED) is 0.755. The second-order valence-electron chi connectivity index (χ2n) is 6.40. The van der Waals surface area contributed by atoms with Crippen LogP contribution in [0, 0.1) is 0 Å². The van der Waals surface area contributed by atoms with Crippen LogP contribution in [0.1, 0.15) is 24.3 Å². The Morgan fingerprint density at radius 2 is 1.76 bits per heavy atom. The third-order valence-electron chi connectivity index (χ3n) is 4.78. The number of hydrogen-bond donors (Lipinski definition) is 2. The number of hydrogen-bond acceptors (Lipinski definition) is 3. The SMILES string of the molecule is O=c1[nH]c2ccc(S(=O)(=O)N3CCCC(c4ccccc4)C3)cc2[nH]1. The molecule has 1 fully saturated rings. The van der Waals surface area contributed by atoms with Crippen molar-refractivity contribution in [3.05, 3.63) is 64.6 Å². The van der Waals surface area contributed by atoms with Gasteiger partial charge in [-0.1, -0.05) is 30.3 Å². The predicted octanol–water partition coefficient (Wildman–Crippen LogP) is 2.42. The fourth-order valence-electron chi connectivity index (χ4n) is 3.48. The molecule has 3 aromatic rings. The molecule has 2 aromatic carbocycles. The van der Waals surface area contributed by atoms with E-state index in [4.69, 9.17) is 0 Å². The Morgan fingerprint density at radius 1 is 1.00 bits per heavy atom. The maximum absolute atomic E-state index is 13.0. The molecule has 1 saturated heterocycles. The molecule has 7 heteroatoms. The molecule has 0 bridgehead atoms. The van der Waals surface area contributed by atoms with Crippen LogP contribution in [0.5, 0.6) is 0 Å². The number of H-pyrrole nitrogens is 2. The number of sulfonamides is 1. The van der Waals surface area contributed by atoms with E-state index in [0.29, 0.717) is 24.1 Å². The monoisotopic (exact) mass is 357 g/mol. The first-order valence-electron chi connectivity index (χ1n) is 8.31. The van der Waals surface area contributed by atoms with Gasteiger partial charge in [-0.3, -0.25) is 0 Å². The number of aromatic nitrogens is 2. The summed E-state index contributed by atoms with van der Waals surface area (Å²) >= 11 is 0. The molecule has 0 saturated carbocycles. The van der Waals surface area contributed by atoms with Crippen molar-refractivity contribution in [1.82, 2.24) is 14.3 Å². The van der Waals surface area contributed by atoms with E-state index in [1.165, 1.54) is 11.6 Å². The first-order chi connectivity index (χ1) is 12.0. The summed E-state index contributed by atoms with van der Waals surface area (Å²) in [5.74, 6) is 0.209. The Balaban J connectivity index is 1.65. The van der Waals surface area contributed by atoms with E-state index in [1.54, 1.807) is 16.4 Å². The molecule has 4 rings (SSSR count). The Hall–Kier alpha value is -2.38. The molecule has 1 aliphatic heterocycles. The molecule has 0 spiro atoms. The van der Waals surface area contributed by atoms with Gasteiger partial charge in [-0.25, -0.2) is 13.2 Å². The molecule has 0 radical (unpaired) electrons. The summed E-state index contributed by atoms with van der Waals surface area (Å²) in [5, 5.41) is 0. The summed E-state index contributed by atoms with van der Waals surface area (Å²) in [6.07, 6.45) is 1.82. The molecule has 130 valence electrons. The van der Waals surface area contributed by atoms with E-state index in [0.717, 1.165) is 12.8 Å². The average Bonchev–Trinajstić information content (AvgIpc) is 3.02. The van der Waals surface area contributed by atoms with Gasteiger partial charge in [0, 0.05) is 13.1 Å². The van der Waals surface area contributed by atoms with Crippen molar-refractivity contribution in [2.24, 2.45) is 0 Å². The van der Waals surface area contributed by atoms with Crippen LogP contribution < -0.4 is 5.69 Å². The summed E-state index contributed by atoms with van der Waals surface area (Å²) in [5.41, 5.74) is 1.94. The minimum Gasteiger partial charge on any atom is -0.306 e. The molecule has 1 unspecified atom stereocenters. The highest BCUT2D eigenvalue weighted by Crippen LogP contribution is 2.30. The van der Waals surface area contributed by atoms with Crippen molar-refractivity contribution in [3.63, 3.8) is 0 Å². The summed E-state index contributed by atoms with van der Waals surface area (Å²) in [4.78, 5) is 16.8. The van der Waals surface area contributed by atoms with Crippen LogP contribution in [0.2, 0.25) is 0 Å². The van der Waals surface area contributed by atoms with E-state index in [1.807, 2.05) is 18.2 Å². The molecule has 25 heavy (non-hydrogen) atoms. The highest BCUT2D eigenvalue weighted by atomic mass is 32.2. The minimum atomic E-state index is -3.59. The van der Waals surface area contributed by atoms with Crippen molar-refractivity contribution >= 4 is 21.1 Å². The van der Waals surface area contributed by atoms with Gasteiger partial charge in [-0.05, 0) is 42.5 Å². The van der Waals surface area contributed by atoms with Gasteiger partial charge in [0.15, 0.2) is 0 Å². The van der Waals surface area contributed by atoms with Gasteiger partial charge in [0.05, 0.1) is 15.9 Å². The number of nitrogens with zero attached hydrogens (tertiary/aromatic N) is 1. The Labute approximate surface area is 145 Å². The number of nitrogens with one attached hydrogen (secondary N) is 2. The summed E-state index contributed by atoms with van der Waals surface area (Å²) in [7, 11) is -3.59. The largest absolute Gasteiger partial charge is 0.323 e. The van der Waals surface area contributed by atoms with Gasteiger partial charge in [-0.15, -0.1) is 0 Å². The minimum absolute atomic E-state index is 0.209. The molecule has 6 nitrogen and oxygen atoms in total. The molecule has 0 aliphatic carbocycles. The molecule has 1 aliphatic rings. The van der Waals surface area contributed by atoms with E-state index >= 15 is 0 Å². The summed E-state index contributed by atoms with van der Waals surface area (Å²) in [6.45, 7) is 1.00. The van der Waals surface area contributed by atoms with Crippen LogP contribution in [-0.2, 0) is 10.0 Å². The van der Waals surface area contributed by atoms with Gasteiger partial charge in [-0.2, -0.15) is 4.31 Å². The van der Waals surface area contributed by atoms with Crippen LogP contribution in [-0.4, -0.2) is 35.8 Å². The Bertz CT molecular complexity index is 1050. The Morgan fingerprint density at radius 3 is 2.56 bits per heavy atom. The van der Waals surface area contributed by atoms with Gasteiger partial charge in [0.2, 0.25) is 10.0 Å². The lowest BCUT2D eigenvalue weighted by molar-refractivity contribution is 0.315. The first-order valence-corrected chi connectivity index (χ1v) is 9.75. The lowest BCUT2D eigenvalue weighted by Crippen LogP contribution is -2.39. The number of imidazole rings is 1. The van der Waals surface area contributed by atoms with Crippen LogP contribution >= 0.6 is 0 Å². The zero-order chi connectivity index (χ0) is 17.4. The number of piperidine rings is 1. The van der Waals surface area contributed by atoms with E-state index < -0.39 is 10.0 Å². The van der Waals surface area contributed by atoms with Crippen LogP contribution in [0.3, 0.4) is 0 Å². The normalized spacial score (nSPS) is 19.3. The number of aromatic amines is 2. The number of rotatable bonds is 3. The third kappa shape index (κ3) is 3.01. The van der Waals surface area contributed by atoms with Gasteiger partial charge in [0.1, 0.15) is 0 Å². The number of fused-ring (bicyclic) bond motifs is 1. The van der Waals surface area contributed by atoms with Crippen LogP contribution in [0.15, 0.2) is 58.2 Å². The van der Waals surface area contributed by atoms with Gasteiger partial charge >= 0.3 is 5.69 Å². The maximum atomic E-state index is 13.0. The lowest BCUT2D eigenvalue weighted by atomic mass is 9.92. The standard InChI is InChI=1S/C18H19N3O3S/c22-18-19-16-9-8-15(11-17(16)20-18)25(23,24)21-10-4-7-14(12-21)13-5-2-1-3-6-13/h1-3,5-6,8-9,11,14H,4,7,10,12H2,(H2,19,20,22). The van der Waals surface area contributed by atoms with E-state index in [-0.39, 0.29) is 16.5 Å². The third-order valence-corrected chi connectivity index (χ3v) is 6.64. The van der Waals surface area contributed by atoms with Crippen molar-refractivity contribution in [1.29, 1.82) is 0 Å². The zero-order valence-electron chi connectivity index (χ0n) is 13.6. The fourth-order valence-corrected chi connectivity index (χ4v) is 5.03. The second-order valence-corrected chi connectivity index (χ2v) is 8.34. The highest BCUT2D eigenvalue weighted by molar-refractivity contribution is 7.89. The van der Waals surface area contributed by atoms with Crippen LogP contribution in [0.4, 0.5) is 0 Å². The van der Waals surface area contributed by atoms with Crippen molar-refractivity contribution < 1.29 is 8.42 Å². The molecule has 2 N–H and O–H groups in total. The van der Waals surface area contributed by atoms with Gasteiger partial charge < -0.3 is 9.97 Å². The van der Waals surface area contributed by atoms with Gasteiger partial charge in [0.25, 0.3) is 0 Å². The smallest absolute Gasteiger partial charge is 0.306 e. The second kappa shape index (κ2) is 6.16.